The summed E-state index contributed by atoms with van der Waals surface area (Å²) in [5.41, 5.74) is 1.12. The summed E-state index contributed by atoms with van der Waals surface area (Å²) in [6.45, 7) is 6.47. The fourth-order valence-electron chi connectivity index (χ4n) is 3.45. The van der Waals surface area contributed by atoms with Gasteiger partial charge in [0.15, 0.2) is 0 Å². The molecule has 1 fully saturated rings. The molecule has 1 aliphatic heterocycles. The van der Waals surface area contributed by atoms with Crippen molar-refractivity contribution in [2.75, 3.05) is 44.2 Å². The number of nitrogens with zero attached hydrogens (tertiary/aromatic N) is 5. The highest BCUT2D eigenvalue weighted by atomic mass is 35.5. The third kappa shape index (κ3) is 4.41. The molecule has 0 radical (unpaired) electrons. The second-order valence-electron chi connectivity index (χ2n) is 6.87. The standard InChI is InChI=1S/C19H26ClN5O3S/c1-4-23(5-2)19(26)17-14-22(3)21-18(17)29(27,28)25-12-10-24(11-13-25)16-8-6-15(20)7-9-16/h6-9,14H,4-5,10-13H2,1-3H3. The van der Waals surface area contributed by atoms with Gasteiger partial charge in [-0.15, -0.1) is 0 Å². The van der Waals surface area contributed by atoms with E-state index in [0.29, 0.717) is 44.3 Å². The summed E-state index contributed by atoms with van der Waals surface area (Å²) in [4.78, 5) is 16.5. The second-order valence-corrected chi connectivity index (χ2v) is 9.16. The number of aryl methyl sites for hydroxylation is 1. The lowest BCUT2D eigenvalue weighted by atomic mass is 10.2. The summed E-state index contributed by atoms with van der Waals surface area (Å²) in [7, 11) is -2.25. The third-order valence-electron chi connectivity index (χ3n) is 5.09. The Morgan fingerprint density at radius 3 is 2.24 bits per heavy atom. The Morgan fingerprint density at radius 2 is 1.69 bits per heavy atom. The number of carbonyl (C=O) groups excluding carboxylic acids is 1. The Morgan fingerprint density at radius 1 is 1.10 bits per heavy atom. The molecule has 0 unspecified atom stereocenters. The SMILES string of the molecule is CCN(CC)C(=O)c1cn(C)nc1S(=O)(=O)N1CCN(c2ccc(Cl)cc2)CC1. The van der Waals surface area contributed by atoms with E-state index in [0.717, 1.165) is 5.69 Å². The zero-order valence-electron chi connectivity index (χ0n) is 16.9. The highest BCUT2D eigenvalue weighted by molar-refractivity contribution is 7.89. The molecule has 1 aromatic heterocycles. The van der Waals surface area contributed by atoms with E-state index in [4.69, 9.17) is 11.6 Å². The largest absolute Gasteiger partial charge is 0.369 e. The smallest absolute Gasteiger partial charge is 0.263 e. The molecule has 0 spiro atoms. The molecule has 158 valence electrons. The van der Waals surface area contributed by atoms with E-state index < -0.39 is 10.0 Å². The summed E-state index contributed by atoms with van der Waals surface area (Å²) in [5, 5.41) is 4.62. The number of sulfonamides is 1. The highest BCUT2D eigenvalue weighted by Gasteiger charge is 2.35. The molecule has 0 aliphatic carbocycles. The van der Waals surface area contributed by atoms with E-state index in [2.05, 4.69) is 10.00 Å². The van der Waals surface area contributed by atoms with Crippen LogP contribution in [0.4, 0.5) is 5.69 Å². The van der Waals surface area contributed by atoms with Gasteiger partial charge in [-0.25, -0.2) is 8.42 Å². The van der Waals surface area contributed by atoms with Crippen LogP contribution in [0.2, 0.25) is 5.02 Å². The van der Waals surface area contributed by atoms with Crippen molar-refractivity contribution in [3.8, 4) is 0 Å². The summed E-state index contributed by atoms with van der Waals surface area (Å²) in [6, 6.07) is 7.48. The van der Waals surface area contributed by atoms with Crippen LogP contribution in [0, 0.1) is 0 Å². The Bertz CT molecular complexity index is 962. The van der Waals surface area contributed by atoms with Gasteiger partial charge in [-0.2, -0.15) is 9.40 Å². The summed E-state index contributed by atoms with van der Waals surface area (Å²) >= 11 is 5.94. The molecule has 1 aliphatic rings. The maximum atomic E-state index is 13.3. The van der Waals surface area contributed by atoms with E-state index in [1.807, 2.05) is 38.1 Å². The number of benzene rings is 1. The van der Waals surface area contributed by atoms with Gasteiger partial charge in [0, 0.05) is 63.2 Å². The molecule has 1 amide bonds. The van der Waals surface area contributed by atoms with Crippen molar-refractivity contribution in [3.63, 3.8) is 0 Å². The topological polar surface area (TPSA) is 78.8 Å². The fraction of sp³-hybridized carbons (Fsp3) is 0.474. The molecule has 2 aromatic rings. The van der Waals surface area contributed by atoms with Crippen molar-refractivity contribution in [1.29, 1.82) is 0 Å². The van der Waals surface area contributed by atoms with Crippen LogP contribution in [0.1, 0.15) is 24.2 Å². The number of aromatic nitrogens is 2. The number of hydrogen-bond acceptors (Lipinski definition) is 5. The second kappa shape index (κ2) is 8.73. The Hall–Kier alpha value is -2.10. The van der Waals surface area contributed by atoms with Gasteiger partial charge < -0.3 is 9.80 Å². The molecule has 0 atom stereocenters. The van der Waals surface area contributed by atoms with Gasteiger partial charge >= 0.3 is 0 Å². The first-order valence-electron chi connectivity index (χ1n) is 9.61. The summed E-state index contributed by atoms with van der Waals surface area (Å²) in [6.07, 6.45) is 1.48. The molecular weight excluding hydrogens is 414 g/mol. The minimum atomic E-state index is -3.87. The summed E-state index contributed by atoms with van der Waals surface area (Å²) in [5.74, 6) is -0.318. The highest BCUT2D eigenvalue weighted by Crippen LogP contribution is 2.24. The molecule has 29 heavy (non-hydrogen) atoms. The van der Waals surface area contributed by atoms with Crippen LogP contribution in [0.5, 0.6) is 0 Å². The number of halogens is 1. The molecule has 0 bridgehead atoms. The van der Waals surface area contributed by atoms with Gasteiger partial charge in [-0.05, 0) is 38.1 Å². The lowest BCUT2D eigenvalue weighted by molar-refractivity contribution is 0.0769. The predicted molar refractivity (Wildman–Crippen MR) is 113 cm³/mol. The third-order valence-corrected chi connectivity index (χ3v) is 7.18. The normalized spacial score (nSPS) is 15.5. The van der Waals surface area contributed by atoms with Crippen LogP contribution < -0.4 is 4.90 Å². The molecule has 2 heterocycles. The molecule has 0 N–H and O–H groups in total. The van der Waals surface area contributed by atoms with Gasteiger partial charge in [-0.3, -0.25) is 9.48 Å². The van der Waals surface area contributed by atoms with Crippen LogP contribution in [0.3, 0.4) is 0 Å². The lowest BCUT2D eigenvalue weighted by Gasteiger charge is -2.35. The van der Waals surface area contributed by atoms with E-state index in [-0.39, 0.29) is 16.5 Å². The average molecular weight is 440 g/mol. The van der Waals surface area contributed by atoms with Crippen molar-refractivity contribution in [2.45, 2.75) is 18.9 Å². The monoisotopic (exact) mass is 439 g/mol. The van der Waals surface area contributed by atoms with Crippen LogP contribution in [0.15, 0.2) is 35.5 Å². The van der Waals surface area contributed by atoms with Crippen LogP contribution >= 0.6 is 11.6 Å². The van der Waals surface area contributed by atoms with Crippen molar-refractivity contribution >= 4 is 33.2 Å². The zero-order valence-corrected chi connectivity index (χ0v) is 18.4. The first kappa shape index (κ1) is 21.6. The minimum absolute atomic E-state index is 0.122. The van der Waals surface area contributed by atoms with Crippen molar-refractivity contribution in [3.05, 3.63) is 41.0 Å². The number of piperazine rings is 1. The molecule has 3 rings (SSSR count). The van der Waals surface area contributed by atoms with Gasteiger partial charge in [0.1, 0.15) is 0 Å². The van der Waals surface area contributed by atoms with Gasteiger partial charge in [0.25, 0.3) is 15.9 Å². The fourth-order valence-corrected chi connectivity index (χ4v) is 5.11. The van der Waals surface area contributed by atoms with Gasteiger partial charge in [-0.1, -0.05) is 11.6 Å². The maximum absolute atomic E-state index is 13.3. The molecule has 1 saturated heterocycles. The molecular formula is C19H26ClN5O3S. The summed E-state index contributed by atoms with van der Waals surface area (Å²) < 4.78 is 29.3. The first-order chi connectivity index (χ1) is 13.8. The minimum Gasteiger partial charge on any atom is -0.369 e. The Kier molecular flexibility index (Phi) is 6.50. The van der Waals surface area contributed by atoms with Crippen molar-refractivity contribution < 1.29 is 13.2 Å². The van der Waals surface area contributed by atoms with Crippen LogP contribution in [-0.2, 0) is 17.1 Å². The van der Waals surface area contributed by atoms with Gasteiger partial charge in [0.2, 0.25) is 5.03 Å². The number of carbonyl (C=O) groups is 1. The van der Waals surface area contributed by atoms with Crippen molar-refractivity contribution in [2.24, 2.45) is 7.05 Å². The molecule has 10 heteroatoms. The molecule has 1 aromatic carbocycles. The van der Waals surface area contributed by atoms with E-state index in [1.54, 1.807) is 11.9 Å². The quantitative estimate of drug-likeness (QED) is 0.688. The maximum Gasteiger partial charge on any atom is 0.263 e. The average Bonchev–Trinajstić information content (AvgIpc) is 3.12. The van der Waals surface area contributed by atoms with Crippen LogP contribution in [-0.4, -0.2) is 72.6 Å². The zero-order chi connectivity index (χ0) is 21.2. The number of rotatable bonds is 6. The van der Waals surface area contributed by atoms with Gasteiger partial charge in [0.05, 0.1) is 5.56 Å². The first-order valence-corrected chi connectivity index (χ1v) is 11.4. The van der Waals surface area contributed by atoms with E-state index in [9.17, 15) is 13.2 Å². The van der Waals surface area contributed by atoms with E-state index >= 15 is 0 Å². The predicted octanol–water partition coefficient (Wildman–Crippen LogP) is 2.07. The number of amides is 1. The number of hydrogen-bond donors (Lipinski definition) is 0. The number of anilines is 1. The van der Waals surface area contributed by atoms with E-state index in [1.165, 1.54) is 15.2 Å². The van der Waals surface area contributed by atoms with Crippen LogP contribution in [0.25, 0.3) is 0 Å². The Balaban J connectivity index is 1.80. The van der Waals surface area contributed by atoms with Crippen molar-refractivity contribution in [1.82, 2.24) is 19.0 Å². The molecule has 0 saturated carbocycles. The molecule has 8 nitrogen and oxygen atoms in total. The lowest BCUT2D eigenvalue weighted by Crippen LogP contribution is -2.49. The Labute approximate surface area is 176 Å².